The van der Waals surface area contributed by atoms with Crippen LogP contribution >= 0.6 is 0 Å². The molecule has 0 saturated heterocycles. The summed E-state index contributed by atoms with van der Waals surface area (Å²) in [7, 11) is 0. The van der Waals surface area contributed by atoms with Crippen molar-refractivity contribution in [3.05, 3.63) is 59.7 Å². The summed E-state index contributed by atoms with van der Waals surface area (Å²) in [5.74, 6) is 0. The van der Waals surface area contributed by atoms with Crippen molar-refractivity contribution < 1.29 is 0 Å². The Kier molecular flexibility index (Phi) is 3.04. The largest absolute Gasteiger partial charge is 0.339 e. The predicted octanol–water partition coefficient (Wildman–Crippen LogP) is 4.22. The second-order valence-corrected chi connectivity index (χ2v) is 4.51. The molecule has 92 valence electrons. The number of para-hydroxylation sites is 2. The first kappa shape index (κ1) is 11.6. The SMILES string of the molecule is N#CCCN1c2ccccc2C=Cc2ccccc21. The van der Waals surface area contributed by atoms with Crippen LogP contribution in [0.5, 0.6) is 0 Å². The lowest BCUT2D eigenvalue weighted by atomic mass is 10.1. The van der Waals surface area contributed by atoms with E-state index in [2.05, 4.69) is 47.4 Å². The summed E-state index contributed by atoms with van der Waals surface area (Å²) >= 11 is 0. The lowest BCUT2D eigenvalue weighted by Crippen LogP contribution is -2.19. The van der Waals surface area contributed by atoms with Crippen molar-refractivity contribution in [2.75, 3.05) is 11.4 Å². The second kappa shape index (κ2) is 4.99. The standard InChI is InChI=1S/C17H14N2/c18-12-5-13-19-16-8-3-1-6-14(16)10-11-15-7-2-4-9-17(15)19/h1-4,6-11H,5,13H2. The predicted molar refractivity (Wildman–Crippen MR) is 79.0 cm³/mol. The van der Waals surface area contributed by atoms with Crippen molar-refractivity contribution in [3.8, 4) is 6.07 Å². The quantitative estimate of drug-likeness (QED) is 0.793. The average molecular weight is 246 g/mol. The molecule has 19 heavy (non-hydrogen) atoms. The molecule has 0 radical (unpaired) electrons. The van der Waals surface area contributed by atoms with Gasteiger partial charge in [0.15, 0.2) is 0 Å². The van der Waals surface area contributed by atoms with Crippen molar-refractivity contribution in [1.82, 2.24) is 0 Å². The van der Waals surface area contributed by atoms with Gasteiger partial charge in [0.25, 0.3) is 0 Å². The third-order valence-corrected chi connectivity index (χ3v) is 3.34. The summed E-state index contributed by atoms with van der Waals surface area (Å²) in [6.45, 7) is 0.714. The molecule has 3 rings (SSSR count). The number of fused-ring (bicyclic) bond motifs is 2. The van der Waals surface area contributed by atoms with Gasteiger partial charge in [-0.3, -0.25) is 0 Å². The molecule has 0 amide bonds. The third-order valence-electron chi connectivity index (χ3n) is 3.34. The Morgan fingerprint density at radius 3 is 1.89 bits per heavy atom. The van der Waals surface area contributed by atoms with Crippen molar-refractivity contribution >= 4 is 23.5 Å². The first-order chi connectivity index (χ1) is 9.40. The van der Waals surface area contributed by atoms with Gasteiger partial charge in [-0.15, -0.1) is 0 Å². The van der Waals surface area contributed by atoms with E-state index in [4.69, 9.17) is 5.26 Å². The zero-order valence-electron chi connectivity index (χ0n) is 10.6. The number of nitrogens with zero attached hydrogens (tertiary/aromatic N) is 2. The van der Waals surface area contributed by atoms with Crippen LogP contribution in [-0.4, -0.2) is 6.54 Å². The van der Waals surface area contributed by atoms with E-state index in [1.807, 2.05) is 24.3 Å². The van der Waals surface area contributed by atoms with Gasteiger partial charge in [0.05, 0.1) is 12.5 Å². The van der Waals surface area contributed by atoms with Crippen LogP contribution in [0.1, 0.15) is 17.5 Å². The maximum atomic E-state index is 8.87. The molecule has 2 aromatic carbocycles. The van der Waals surface area contributed by atoms with E-state index in [9.17, 15) is 0 Å². The molecule has 0 unspecified atom stereocenters. The summed E-state index contributed by atoms with van der Waals surface area (Å²) in [5.41, 5.74) is 4.71. The molecule has 0 bridgehead atoms. The van der Waals surface area contributed by atoms with Gasteiger partial charge in [0, 0.05) is 17.9 Å². The van der Waals surface area contributed by atoms with Crippen LogP contribution in [-0.2, 0) is 0 Å². The van der Waals surface area contributed by atoms with Crippen molar-refractivity contribution in [1.29, 1.82) is 5.26 Å². The number of nitriles is 1. The molecular weight excluding hydrogens is 232 g/mol. The number of benzene rings is 2. The van der Waals surface area contributed by atoms with Crippen molar-refractivity contribution in [3.63, 3.8) is 0 Å². The highest BCUT2D eigenvalue weighted by molar-refractivity contribution is 5.88. The normalized spacial score (nSPS) is 12.3. The Bertz CT molecular complexity index is 615. The molecule has 2 nitrogen and oxygen atoms in total. The number of rotatable bonds is 2. The number of hydrogen-bond acceptors (Lipinski definition) is 2. The van der Waals surface area contributed by atoms with E-state index in [-0.39, 0.29) is 0 Å². The maximum absolute atomic E-state index is 8.87. The van der Waals surface area contributed by atoms with E-state index >= 15 is 0 Å². The van der Waals surface area contributed by atoms with Gasteiger partial charge in [-0.05, 0) is 23.3 Å². The summed E-state index contributed by atoms with van der Waals surface area (Å²) in [6, 6.07) is 18.8. The van der Waals surface area contributed by atoms with Crippen molar-refractivity contribution in [2.45, 2.75) is 6.42 Å². The highest BCUT2D eigenvalue weighted by atomic mass is 15.1. The lowest BCUT2D eigenvalue weighted by Gasteiger charge is -2.25. The van der Waals surface area contributed by atoms with Gasteiger partial charge in [0.1, 0.15) is 0 Å². The third kappa shape index (κ3) is 2.11. The molecule has 0 saturated carbocycles. The molecule has 0 fully saturated rings. The molecule has 1 aliphatic heterocycles. The molecule has 0 aliphatic carbocycles. The molecule has 1 aliphatic rings. The van der Waals surface area contributed by atoms with Crippen LogP contribution in [0.2, 0.25) is 0 Å². The van der Waals surface area contributed by atoms with Gasteiger partial charge >= 0.3 is 0 Å². The van der Waals surface area contributed by atoms with E-state index in [0.717, 1.165) is 0 Å². The van der Waals surface area contributed by atoms with Crippen LogP contribution in [0.4, 0.5) is 11.4 Å². The molecule has 0 aromatic heterocycles. The number of anilines is 2. The van der Waals surface area contributed by atoms with E-state index in [0.29, 0.717) is 13.0 Å². The minimum absolute atomic E-state index is 0.517. The molecular formula is C17H14N2. The Hall–Kier alpha value is -2.53. The Labute approximate surface area is 113 Å². The monoisotopic (exact) mass is 246 g/mol. The highest BCUT2D eigenvalue weighted by Gasteiger charge is 2.16. The molecule has 1 heterocycles. The molecule has 0 spiro atoms. The zero-order valence-corrected chi connectivity index (χ0v) is 10.6. The van der Waals surface area contributed by atoms with Crippen LogP contribution < -0.4 is 4.90 Å². The van der Waals surface area contributed by atoms with Crippen LogP contribution in [0.3, 0.4) is 0 Å². The van der Waals surface area contributed by atoms with Gasteiger partial charge in [-0.25, -0.2) is 0 Å². The van der Waals surface area contributed by atoms with E-state index in [1.54, 1.807) is 0 Å². The highest BCUT2D eigenvalue weighted by Crippen LogP contribution is 2.35. The fraction of sp³-hybridized carbons (Fsp3) is 0.118. The Morgan fingerprint density at radius 1 is 0.842 bits per heavy atom. The molecule has 0 N–H and O–H groups in total. The Morgan fingerprint density at radius 2 is 1.37 bits per heavy atom. The van der Waals surface area contributed by atoms with Crippen LogP contribution in [0, 0.1) is 11.3 Å². The summed E-state index contributed by atoms with van der Waals surface area (Å²) in [5, 5.41) is 8.87. The van der Waals surface area contributed by atoms with E-state index in [1.165, 1.54) is 22.5 Å². The van der Waals surface area contributed by atoms with Gasteiger partial charge < -0.3 is 4.90 Å². The summed E-state index contributed by atoms with van der Waals surface area (Å²) in [4.78, 5) is 2.23. The minimum atomic E-state index is 0.517. The smallest absolute Gasteiger partial charge is 0.0640 e. The van der Waals surface area contributed by atoms with Crippen molar-refractivity contribution in [2.24, 2.45) is 0 Å². The fourth-order valence-corrected chi connectivity index (χ4v) is 2.46. The lowest BCUT2D eigenvalue weighted by molar-refractivity contribution is 0.947. The average Bonchev–Trinajstić information content (AvgIpc) is 2.62. The van der Waals surface area contributed by atoms with Crippen LogP contribution in [0.25, 0.3) is 12.2 Å². The Balaban J connectivity index is 2.16. The second-order valence-electron chi connectivity index (χ2n) is 4.51. The maximum Gasteiger partial charge on any atom is 0.0640 e. The minimum Gasteiger partial charge on any atom is -0.339 e. The van der Waals surface area contributed by atoms with E-state index < -0.39 is 0 Å². The fourth-order valence-electron chi connectivity index (χ4n) is 2.46. The molecule has 2 heteroatoms. The first-order valence-corrected chi connectivity index (χ1v) is 6.41. The summed E-state index contributed by atoms with van der Waals surface area (Å²) in [6.07, 6.45) is 4.80. The zero-order chi connectivity index (χ0) is 13.1. The first-order valence-electron chi connectivity index (χ1n) is 6.41. The molecule has 0 atom stereocenters. The van der Waals surface area contributed by atoms with Gasteiger partial charge in [-0.1, -0.05) is 48.6 Å². The van der Waals surface area contributed by atoms with Gasteiger partial charge in [0.2, 0.25) is 0 Å². The summed E-state index contributed by atoms with van der Waals surface area (Å²) < 4.78 is 0. The molecule has 2 aromatic rings. The topological polar surface area (TPSA) is 27.0 Å². The van der Waals surface area contributed by atoms with Gasteiger partial charge in [-0.2, -0.15) is 5.26 Å². The number of hydrogen-bond donors (Lipinski definition) is 0. The van der Waals surface area contributed by atoms with Crippen LogP contribution in [0.15, 0.2) is 48.5 Å².